The molecule has 7 nitrogen and oxygen atoms in total. The Bertz CT molecular complexity index is 820. The zero-order valence-corrected chi connectivity index (χ0v) is 15.3. The summed E-state index contributed by atoms with van der Waals surface area (Å²) < 4.78 is 0. The highest BCUT2D eigenvalue weighted by Crippen LogP contribution is 2.27. The van der Waals surface area contributed by atoms with Crippen LogP contribution in [0, 0.1) is 0 Å². The monoisotopic (exact) mass is 372 g/mol. The van der Waals surface area contributed by atoms with Crippen molar-refractivity contribution in [2.75, 3.05) is 11.9 Å². The van der Waals surface area contributed by atoms with Crippen molar-refractivity contribution in [3.63, 3.8) is 0 Å². The highest BCUT2D eigenvalue weighted by Gasteiger charge is 2.21. The number of carboxylic acid groups (broad SMARTS) is 1. The predicted molar refractivity (Wildman–Crippen MR) is 102 cm³/mol. The minimum Gasteiger partial charge on any atom is -0.506 e. The number of aromatic carboxylic acids is 1. The van der Waals surface area contributed by atoms with E-state index in [4.69, 9.17) is 5.11 Å². The zero-order chi connectivity index (χ0) is 20.0. The van der Waals surface area contributed by atoms with Crippen molar-refractivity contribution >= 4 is 18.1 Å². The van der Waals surface area contributed by atoms with Crippen LogP contribution in [0.2, 0.25) is 0 Å². The molecule has 1 atom stereocenters. The molecule has 0 saturated heterocycles. The van der Waals surface area contributed by atoms with Crippen molar-refractivity contribution in [3.05, 3.63) is 59.2 Å². The van der Waals surface area contributed by atoms with Gasteiger partial charge in [0.2, 0.25) is 6.41 Å². The molecule has 0 aliphatic rings. The number of aliphatic hydroxyl groups is 1. The summed E-state index contributed by atoms with van der Waals surface area (Å²) >= 11 is 0. The standard InChI is InChI=1S/C20H24N2O5/c1-20(2,10-13-4-3-5-15(8-13)19(26)27)22-11-18(25)14-6-7-17(24)16(9-14)21-12-23/h3-9,12,18,22,24-25H,10-11H2,1-2H3,(H,21,23)(H,26,27). The van der Waals surface area contributed by atoms with E-state index in [-0.39, 0.29) is 29.1 Å². The maximum absolute atomic E-state index is 11.1. The number of amides is 1. The van der Waals surface area contributed by atoms with E-state index in [0.29, 0.717) is 18.4 Å². The summed E-state index contributed by atoms with van der Waals surface area (Å²) in [6, 6.07) is 11.3. The van der Waals surface area contributed by atoms with Gasteiger partial charge in [-0.25, -0.2) is 4.79 Å². The molecular weight excluding hydrogens is 348 g/mol. The van der Waals surface area contributed by atoms with E-state index < -0.39 is 12.1 Å². The number of phenolic OH excluding ortho intramolecular Hbond substituents is 1. The van der Waals surface area contributed by atoms with Gasteiger partial charge in [-0.15, -0.1) is 0 Å². The lowest BCUT2D eigenvalue weighted by Gasteiger charge is -2.28. The van der Waals surface area contributed by atoms with Crippen molar-refractivity contribution in [2.45, 2.75) is 31.9 Å². The number of carboxylic acids is 1. The lowest BCUT2D eigenvalue weighted by Crippen LogP contribution is -2.43. The Hall–Kier alpha value is -2.90. The third-order valence-corrected chi connectivity index (χ3v) is 4.21. The van der Waals surface area contributed by atoms with E-state index in [9.17, 15) is 19.8 Å². The van der Waals surface area contributed by atoms with E-state index >= 15 is 0 Å². The lowest BCUT2D eigenvalue weighted by atomic mass is 9.93. The van der Waals surface area contributed by atoms with E-state index in [2.05, 4.69) is 10.6 Å². The molecule has 144 valence electrons. The molecule has 5 N–H and O–H groups in total. The molecule has 0 bridgehead atoms. The summed E-state index contributed by atoms with van der Waals surface area (Å²) in [5.74, 6) is -1.05. The molecule has 1 unspecified atom stereocenters. The SMILES string of the molecule is CC(C)(Cc1cccc(C(=O)O)c1)NCC(O)c1ccc(O)c(NC=O)c1. The van der Waals surface area contributed by atoms with Gasteiger partial charge in [-0.3, -0.25) is 4.79 Å². The quantitative estimate of drug-likeness (QED) is 0.340. The molecule has 1 amide bonds. The summed E-state index contributed by atoms with van der Waals surface area (Å²) in [4.78, 5) is 21.7. The summed E-state index contributed by atoms with van der Waals surface area (Å²) in [5, 5.41) is 34.8. The number of aromatic hydroxyl groups is 1. The highest BCUT2D eigenvalue weighted by atomic mass is 16.4. The van der Waals surface area contributed by atoms with Crippen molar-refractivity contribution < 1.29 is 24.9 Å². The molecular formula is C20H24N2O5. The van der Waals surface area contributed by atoms with Gasteiger partial charge in [0.15, 0.2) is 0 Å². The first kappa shape index (κ1) is 20.4. The average Bonchev–Trinajstić information content (AvgIpc) is 2.61. The van der Waals surface area contributed by atoms with Gasteiger partial charge in [0.05, 0.1) is 17.4 Å². The van der Waals surface area contributed by atoms with E-state index in [1.165, 1.54) is 12.1 Å². The van der Waals surface area contributed by atoms with Gasteiger partial charge in [0.25, 0.3) is 0 Å². The molecule has 0 heterocycles. The number of carbonyl (C=O) groups excluding carboxylic acids is 1. The van der Waals surface area contributed by atoms with Gasteiger partial charge in [0, 0.05) is 12.1 Å². The van der Waals surface area contributed by atoms with Crippen molar-refractivity contribution in [1.29, 1.82) is 0 Å². The summed E-state index contributed by atoms with van der Waals surface area (Å²) in [5.41, 5.74) is 1.50. The minimum atomic E-state index is -0.967. The number of β-amino-alcohol motifs (C(OH)–C–C–N with tert-alkyl or cyclic N) is 1. The Kier molecular flexibility index (Phi) is 6.55. The summed E-state index contributed by atoms with van der Waals surface area (Å²) in [6.07, 6.45) is 0.189. The Labute approximate surface area is 157 Å². The van der Waals surface area contributed by atoms with Gasteiger partial charge >= 0.3 is 5.97 Å². The molecule has 2 rings (SSSR count). The first-order chi connectivity index (χ1) is 12.7. The average molecular weight is 372 g/mol. The normalized spacial score (nSPS) is 12.4. The molecule has 2 aromatic rings. The predicted octanol–water partition coefficient (Wildman–Crippen LogP) is 2.30. The maximum atomic E-state index is 11.1. The van der Waals surface area contributed by atoms with Crippen LogP contribution in [-0.4, -0.2) is 39.8 Å². The molecule has 0 spiro atoms. The number of hydrogen-bond donors (Lipinski definition) is 5. The number of benzene rings is 2. The van der Waals surface area contributed by atoms with Gasteiger partial charge in [-0.1, -0.05) is 18.2 Å². The second kappa shape index (κ2) is 8.66. The van der Waals surface area contributed by atoms with Crippen LogP contribution < -0.4 is 10.6 Å². The number of nitrogens with one attached hydrogen (secondary N) is 2. The molecule has 0 aromatic heterocycles. The topological polar surface area (TPSA) is 119 Å². The maximum Gasteiger partial charge on any atom is 0.335 e. The molecule has 0 fully saturated rings. The number of rotatable bonds is 9. The second-order valence-electron chi connectivity index (χ2n) is 7.00. The van der Waals surface area contributed by atoms with Gasteiger partial charge in [0.1, 0.15) is 5.75 Å². The molecule has 27 heavy (non-hydrogen) atoms. The number of aliphatic hydroxyl groups excluding tert-OH is 1. The third-order valence-electron chi connectivity index (χ3n) is 4.21. The van der Waals surface area contributed by atoms with Crippen LogP contribution in [0.15, 0.2) is 42.5 Å². The Morgan fingerprint density at radius 2 is 1.96 bits per heavy atom. The fourth-order valence-corrected chi connectivity index (χ4v) is 2.82. The van der Waals surface area contributed by atoms with E-state index in [1.54, 1.807) is 24.3 Å². The first-order valence-corrected chi connectivity index (χ1v) is 8.50. The fourth-order valence-electron chi connectivity index (χ4n) is 2.82. The second-order valence-corrected chi connectivity index (χ2v) is 7.00. The smallest absolute Gasteiger partial charge is 0.335 e. The Balaban J connectivity index is 2.01. The fraction of sp³-hybridized carbons (Fsp3) is 0.300. The van der Waals surface area contributed by atoms with Crippen LogP contribution in [0.5, 0.6) is 5.75 Å². The van der Waals surface area contributed by atoms with E-state index in [0.717, 1.165) is 5.56 Å². The van der Waals surface area contributed by atoms with Crippen LogP contribution in [0.3, 0.4) is 0 Å². The molecule has 0 aliphatic heterocycles. The molecule has 2 aromatic carbocycles. The third kappa shape index (κ3) is 5.80. The largest absolute Gasteiger partial charge is 0.506 e. The van der Waals surface area contributed by atoms with Crippen LogP contribution in [0.1, 0.15) is 41.4 Å². The summed E-state index contributed by atoms with van der Waals surface area (Å²) in [6.45, 7) is 4.17. The number of carbonyl (C=O) groups is 2. The van der Waals surface area contributed by atoms with Crippen LogP contribution in [0.4, 0.5) is 5.69 Å². The van der Waals surface area contributed by atoms with Crippen molar-refractivity contribution in [3.8, 4) is 5.75 Å². The van der Waals surface area contributed by atoms with Crippen LogP contribution in [0.25, 0.3) is 0 Å². The number of phenols is 1. The summed E-state index contributed by atoms with van der Waals surface area (Å²) in [7, 11) is 0. The Morgan fingerprint density at radius 1 is 1.22 bits per heavy atom. The van der Waals surface area contributed by atoms with Gasteiger partial charge in [-0.05, 0) is 55.7 Å². The van der Waals surface area contributed by atoms with Crippen LogP contribution in [-0.2, 0) is 11.2 Å². The molecule has 0 saturated carbocycles. The zero-order valence-electron chi connectivity index (χ0n) is 15.3. The lowest BCUT2D eigenvalue weighted by molar-refractivity contribution is -0.105. The molecule has 7 heteroatoms. The van der Waals surface area contributed by atoms with Gasteiger partial charge < -0.3 is 26.0 Å². The molecule has 0 radical (unpaired) electrons. The highest BCUT2D eigenvalue weighted by molar-refractivity contribution is 5.87. The number of hydrogen-bond acceptors (Lipinski definition) is 5. The van der Waals surface area contributed by atoms with Crippen molar-refractivity contribution in [2.24, 2.45) is 0 Å². The minimum absolute atomic E-state index is 0.0790. The van der Waals surface area contributed by atoms with E-state index in [1.807, 2.05) is 19.9 Å². The Morgan fingerprint density at radius 3 is 2.63 bits per heavy atom. The first-order valence-electron chi connectivity index (χ1n) is 8.50. The molecule has 0 aliphatic carbocycles. The van der Waals surface area contributed by atoms with Crippen LogP contribution >= 0.6 is 0 Å². The van der Waals surface area contributed by atoms with Gasteiger partial charge in [-0.2, -0.15) is 0 Å². The van der Waals surface area contributed by atoms with Crippen molar-refractivity contribution in [1.82, 2.24) is 5.32 Å². The number of anilines is 1.